The number of hydrogen-bond donors (Lipinski definition) is 6. The number of hydrogen-bond acceptors (Lipinski definition) is 9. The summed E-state index contributed by atoms with van der Waals surface area (Å²) in [6.45, 7) is 0.841. The predicted octanol–water partition coefficient (Wildman–Crippen LogP) is -3.01. The van der Waals surface area contributed by atoms with Crippen LogP contribution in [0.2, 0.25) is 0 Å². The summed E-state index contributed by atoms with van der Waals surface area (Å²) in [6.07, 6.45) is -6.85. The van der Waals surface area contributed by atoms with Gasteiger partial charge in [0, 0.05) is 0 Å². The van der Waals surface area contributed by atoms with E-state index in [1.165, 1.54) is 0 Å². The lowest BCUT2D eigenvalue weighted by atomic mass is 10.1. The minimum Gasteiger partial charge on any atom is -0.438 e. The van der Waals surface area contributed by atoms with Crippen molar-refractivity contribution in [1.82, 2.24) is 0 Å². The van der Waals surface area contributed by atoms with Crippen LogP contribution in [0.1, 0.15) is 6.92 Å². The van der Waals surface area contributed by atoms with Crippen LogP contribution in [0.15, 0.2) is 0 Å². The first kappa shape index (κ1) is 16.7. The molecule has 0 bridgehead atoms. The number of aliphatic hydroxyl groups is 3. The maximum absolute atomic E-state index is 10.7. The Morgan fingerprint density at radius 3 is 1.53 bits per heavy atom. The second-order valence-corrected chi connectivity index (χ2v) is 3.22. The molecule has 9 N–H and O–H groups in total. The summed E-state index contributed by atoms with van der Waals surface area (Å²) in [5, 5.41) is 27.4. The fraction of sp³-hybridized carbons (Fsp3) is 0.571. The number of amides is 3. The highest BCUT2D eigenvalue weighted by Gasteiger charge is 2.62. The molecule has 110 valence electrons. The molecular formula is C7H13N3O9. The van der Waals surface area contributed by atoms with Gasteiger partial charge >= 0.3 is 30.0 Å². The minimum atomic E-state index is -3.99. The van der Waals surface area contributed by atoms with E-state index in [0.717, 1.165) is 6.92 Å². The van der Waals surface area contributed by atoms with Gasteiger partial charge in [0.2, 0.25) is 0 Å². The van der Waals surface area contributed by atoms with Crippen molar-refractivity contribution >= 4 is 18.3 Å². The standard InChI is InChI=1S/C7H13N3O9/c1-2(17-3(8)11)6(7(14,15)16,18-4(9)12)19-5(10)13/h2,14-16H,1H3,(H2,8,11)(H2,9,12)(H2,10,13). The van der Waals surface area contributed by atoms with Gasteiger partial charge in [0.05, 0.1) is 0 Å². The Kier molecular flexibility index (Phi) is 4.88. The molecule has 0 saturated heterocycles. The van der Waals surface area contributed by atoms with E-state index in [-0.39, 0.29) is 0 Å². The van der Waals surface area contributed by atoms with Gasteiger partial charge in [-0.05, 0) is 6.92 Å². The van der Waals surface area contributed by atoms with Crippen LogP contribution in [-0.2, 0) is 14.2 Å². The molecule has 0 saturated carbocycles. The van der Waals surface area contributed by atoms with Crippen LogP contribution in [-0.4, -0.2) is 51.5 Å². The fourth-order valence-electron chi connectivity index (χ4n) is 1.15. The normalized spacial score (nSPS) is 13.3. The van der Waals surface area contributed by atoms with E-state index in [2.05, 4.69) is 31.4 Å². The molecule has 12 heteroatoms. The van der Waals surface area contributed by atoms with Crippen LogP contribution in [0.4, 0.5) is 14.4 Å². The average molecular weight is 283 g/mol. The Hall–Kier alpha value is -2.31. The van der Waals surface area contributed by atoms with Gasteiger partial charge in [-0.25, -0.2) is 14.4 Å². The first-order valence-corrected chi connectivity index (χ1v) is 4.52. The number of primary amides is 3. The van der Waals surface area contributed by atoms with Gasteiger partial charge in [0.25, 0.3) is 0 Å². The zero-order valence-corrected chi connectivity index (χ0v) is 9.60. The smallest absolute Gasteiger partial charge is 0.408 e. The van der Waals surface area contributed by atoms with Crippen molar-refractivity contribution in [3.8, 4) is 0 Å². The third-order valence-corrected chi connectivity index (χ3v) is 1.80. The summed E-state index contributed by atoms with van der Waals surface area (Å²) < 4.78 is 12.5. The lowest BCUT2D eigenvalue weighted by molar-refractivity contribution is -0.454. The number of nitrogens with two attached hydrogens (primary N) is 3. The number of rotatable bonds is 5. The Balaban J connectivity index is 5.66. The van der Waals surface area contributed by atoms with Gasteiger partial charge in [-0.15, -0.1) is 0 Å². The monoisotopic (exact) mass is 283 g/mol. The molecule has 0 fully saturated rings. The van der Waals surface area contributed by atoms with Crippen molar-refractivity contribution in [2.75, 3.05) is 0 Å². The molecule has 0 radical (unpaired) electrons. The zero-order valence-electron chi connectivity index (χ0n) is 9.60. The van der Waals surface area contributed by atoms with Crippen molar-refractivity contribution in [3.05, 3.63) is 0 Å². The van der Waals surface area contributed by atoms with E-state index in [0.29, 0.717) is 0 Å². The molecule has 0 aromatic heterocycles. The van der Waals surface area contributed by atoms with E-state index in [9.17, 15) is 14.4 Å². The molecule has 12 nitrogen and oxygen atoms in total. The molecule has 0 aromatic carbocycles. The van der Waals surface area contributed by atoms with Crippen molar-refractivity contribution in [3.63, 3.8) is 0 Å². The Morgan fingerprint density at radius 2 is 1.32 bits per heavy atom. The van der Waals surface area contributed by atoms with Gasteiger partial charge < -0.3 is 46.7 Å². The zero-order chi connectivity index (χ0) is 15.4. The first-order chi connectivity index (χ1) is 8.42. The third kappa shape index (κ3) is 4.13. The first-order valence-electron chi connectivity index (χ1n) is 4.52. The predicted molar refractivity (Wildman–Crippen MR) is 53.6 cm³/mol. The highest BCUT2D eigenvalue weighted by atomic mass is 16.8. The summed E-state index contributed by atoms with van der Waals surface area (Å²) in [6, 6.07) is 0. The van der Waals surface area contributed by atoms with Gasteiger partial charge in [0.1, 0.15) is 0 Å². The summed E-state index contributed by atoms with van der Waals surface area (Å²) in [5.41, 5.74) is 13.9. The van der Waals surface area contributed by atoms with Crippen LogP contribution in [0.25, 0.3) is 0 Å². The van der Waals surface area contributed by atoms with Crippen LogP contribution < -0.4 is 17.2 Å². The summed E-state index contributed by atoms with van der Waals surface area (Å²) >= 11 is 0. The van der Waals surface area contributed by atoms with E-state index in [1.807, 2.05) is 0 Å². The maximum Gasteiger partial charge on any atom is 0.408 e. The van der Waals surface area contributed by atoms with E-state index in [1.54, 1.807) is 0 Å². The molecule has 0 aliphatic carbocycles. The van der Waals surface area contributed by atoms with Crippen molar-refractivity contribution < 1.29 is 43.9 Å². The lowest BCUT2D eigenvalue weighted by Crippen LogP contribution is -2.67. The average Bonchev–Trinajstić information content (AvgIpc) is 2.11. The Labute approximate surface area is 105 Å². The summed E-state index contributed by atoms with van der Waals surface area (Å²) in [4.78, 5) is 32.0. The molecule has 1 unspecified atom stereocenters. The second-order valence-electron chi connectivity index (χ2n) is 3.22. The molecule has 0 heterocycles. The largest absolute Gasteiger partial charge is 0.438 e. The van der Waals surface area contributed by atoms with Crippen LogP contribution in [0.5, 0.6) is 0 Å². The summed E-state index contributed by atoms with van der Waals surface area (Å²) in [7, 11) is 0. The topological polar surface area (TPSA) is 218 Å². The SMILES string of the molecule is CC(OC(N)=O)C(OC(N)=O)(OC(N)=O)C(O)(O)O. The third-order valence-electron chi connectivity index (χ3n) is 1.80. The highest BCUT2D eigenvalue weighted by molar-refractivity contribution is 5.68. The van der Waals surface area contributed by atoms with Gasteiger partial charge in [0.15, 0.2) is 6.10 Å². The van der Waals surface area contributed by atoms with Crippen molar-refractivity contribution in [2.45, 2.75) is 24.8 Å². The fourth-order valence-corrected chi connectivity index (χ4v) is 1.15. The van der Waals surface area contributed by atoms with E-state index < -0.39 is 36.1 Å². The molecular weight excluding hydrogens is 270 g/mol. The Morgan fingerprint density at radius 1 is 0.947 bits per heavy atom. The van der Waals surface area contributed by atoms with Crippen LogP contribution >= 0.6 is 0 Å². The van der Waals surface area contributed by atoms with E-state index in [4.69, 9.17) is 15.3 Å². The molecule has 0 spiro atoms. The number of carbonyl (C=O) groups excluding carboxylic acids is 3. The molecule has 0 aliphatic rings. The van der Waals surface area contributed by atoms with E-state index >= 15 is 0 Å². The number of carbonyl (C=O) groups is 3. The van der Waals surface area contributed by atoms with Crippen molar-refractivity contribution in [1.29, 1.82) is 0 Å². The van der Waals surface area contributed by atoms with Crippen LogP contribution in [0, 0.1) is 0 Å². The minimum absolute atomic E-state index is 0.841. The van der Waals surface area contributed by atoms with Gasteiger partial charge in [-0.1, -0.05) is 0 Å². The molecule has 1 atom stereocenters. The highest BCUT2D eigenvalue weighted by Crippen LogP contribution is 2.30. The molecule has 19 heavy (non-hydrogen) atoms. The van der Waals surface area contributed by atoms with Gasteiger partial charge in [-0.2, -0.15) is 0 Å². The van der Waals surface area contributed by atoms with Gasteiger partial charge in [-0.3, -0.25) is 0 Å². The molecule has 3 amide bonds. The summed E-state index contributed by atoms with van der Waals surface area (Å²) in [5.74, 6) is -7.33. The molecule has 0 aliphatic heterocycles. The Bertz CT molecular complexity index is 360. The van der Waals surface area contributed by atoms with Crippen LogP contribution in [0.3, 0.4) is 0 Å². The lowest BCUT2D eigenvalue weighted by Gasteiger charge is -2.39. The molecule has 0 aromatic rings. The van der Waals surface area contributed by atoms with Crippen molar-refractivity contribution in [2.24, 2.45) is 17.2 Å². The molecule has 0 rings (SSSR count). The quantitative estimate of drug-likeness (QED) is 0.282. The number of ether oxygens (including phenoxy) is 3. The second kappa shape index (κ2) is 5.55. The maximum atomic E-state index is 10.7.